The molecule has 0 bridgehead atoms. The average Bonchev–Trinajstić information content (AvgIpc) is 2.35. The van der Waals surface area contributed by atoms with Gasteiger partial charge in [-0.15, -0.1) is 0 Å². The molecule has 1 unspecified atom stereocenters. The number of aromatic amines is 1. The van der Waals surface area contributed by atoms with E-state index in [9.17, 15) is 4.79 Å². The highest BCUT2D eigenvalue weighted by atomic mass is 16.3. The van der Waals surface area contributed by atoms with Crippen LogP contribution in [0.2, 0.25) is 0 Å². The van der Waals surface area contributed by atoms with Crippen LogP contribution in [0.1, 0.15) is 24.1 Å². The summed E-state index contributed by atoms with van der Waals surface area (Å²) in [5, 5.41) is 15.4. The second-order valence-corrected chi connectivity index (χ2v) is 4.64. The Hall–Kier alpha value is -1.40. The van der Waals surface area contributed by atoms with E-state index in [2.05, 4.69) is 20.6 Å². The van der Waals surface area contributed by atoms with Crippen LogP contribution in [0.5, 0.6) is 0 Å². The van der Waals surface area contributed by atoms with E-state index in [1.165, 1.54) is 0 Å². The molecule has 6 nitrogen and oxygen atoms in total. The Labute approximate surface area is 106 Å². The minimum Gasteiger partial charge on any atom is -0.396 e. The van der Waals surface area contributed by atoms with Gasteiger partial charge < -0.3 is 15.7 Å². The van der Waals surface area contributed by atoms with E-state index in [0.29, 0.717) is 29.7 Å². The smallest absolute Gasteiger partial charge is 0.255 e. The van der Waals surface area contributed by atoms with Crippen molar-refractivity contribution in [3.63, 3.8) is 0 Å². The summed E-state index contributed by atoms with van der Waals surface area (Å²) in [4.78, 5) is 18.9. The number of nitrogens with zero attached hydrogens (tertiary/aromatic N) is 1. The van der Waals surface area contributed by atoms with E-state index in [1.54, 1.807) is 6.92 Å². The summed E-state index contributed by atoms with van der Waals surface area (Å²) < 4.78 is 0. The average molecular weight is 252 g/mol. The third kappa shape index (κ3) is 3.08. The number of rotatable bonds is 4. The Morgan fingerprint density at radius 1 is 1.56 bits per heavy atom. The minimum absolute atomic E-state index is 0.0368. The molecule has 0 aromatic carbocycles. The first-order valence-corrected chi connectivity index (χ1v) is 6.38. The van der Waals surface area contributed by atoms with Crippen LogP contribution in [0.25, 0.3) is 0 Å². The van der Waals surface area contributed by atoms with Crippen LogP contribution in [0, 0.1) is 6.92 Å². The lowest BCUT2D eigenvalue weighted by molar-refractivity contribution is 0.298. The molecule has 100 valence electrons. The first-order chi connectivity index (χ1) is 8.70. The lowest BCUT2D eigenvalue weighted by Gasteiger charge is -2.24. The van der Waals surface area contributed by atoms with Crippen molar-refractivity contribution >= 4 is 5.95 Å². The van der Waals surface area contributed by atoms with Crippen molar-refractivity contribution in [1.82, 2.24) is 15.3 Å². The van der Waals surface area contributed by atoms with Gasteiger partial charge in [-0.1, -0.05) is 0 Å². The predicted molar refractivity (Wildman–Crippen MR) is 69.9 cm³/mol. The predicted octanol–water partition coefficient (Wildman–Crippen LogP) is -0.223. The van der Waals surface area contributed by atoms with Crippen LogP contribution in [0.3, 0.4) is 0 Å². The van der Waals surface area contributed by atoms with Crippen molar-refractivity contribution < 1.29 is 5.11 Å². The van der Waals surface area contributed by atoms with E-state index < -0.39 is 0 Å². The van der Waals surface area contributed by atoms with E-state index in [4.69, 9.17) is 5.11 Å². The van der Waals surface area contributed by atoms with Gasteiger partial charge >= 0.3 is 0 Å². The second-order valence-electron chi connectivity index (χ2n) is 4.64. The molecule has 4 N–H and O–H groups in total. The topological polar surface area (TPSA) is 90.0 Å². The van der Waals surface area contributed by atoms with E-state index in [1.807, 2.05) is 0 Å². The van der Waals surface area contributed by atoms with Gasteiger partial charge in [0, 0.05) is 31.2 Å². The number of hydrogen-bond acceptors (Lipinski definition) is 5. The normalized spacial score (nSPS) is 19.8. The number of anilines is 1. The molecule has 2 heterocycles. The van der Waals surface area contributed by atoms with Crippen LogP contribution in [0.15, 0.2) is 4.79 Å². The lowest BCUT2D eigenvalue weighted by atomic mass is 10.1. The molecule has 1 aliphatic heterocycles. The van der Waals surface area contributed by atoms with Crippen molar-refractivity contribution in [3.05, 3.63) is 21.6 Å². The molecular weight excluding hydrogens is 232 g/mol. The number of nitrogens with one attached hydrogen (secondary N) is 3. The van der Waals surface area contributed by atoms with Gasteiger partial charge in [-0.3, -0.25) is 9.78 Å². The molecule has 1 aromatic heterocycles. The summed E-state index contributed by atoms with van der Waals surface area (Å²) in [6.45, 7) is 3.70. The van der Waals surface area contributed by atoms with Gasteiger partial charge in [-0.25, -0.2) is 4.98 Å². The Kier molecular flexibility index (Phi) is 4.33. The summed E-state index contributed by atoms with van der Waals surface area (Å²) in [6, 6.07) is 0.310. The van der Waals surface area contributed by atoms with Crippen LogP contribution in [-0.2, 0) is 6.42 Å². The fraction of sp³-hybridized carbons (Fsp3) is 0.667. The number of H-pyrrole nitrogens is 1. The van der Waals surface area contributed by atoms with Crippen molar-refractivity contribution in [2.45, 2.75) is 32.2 Å². The monoisotopic (exact) mass is 252 g/mol. The first-order valence-electron chi connectivity index (χ1n) is 6.38. The molecule has 1 fully saturated rings. The Morgan fingerprint density at radius 2 is 2.39 bits per heavy atom. The van der Waals surface area contributed by atoms with Gasteiger partial charge in [0.2, 0.25) is 5.95 Å². The van der Waals surface area contributed by atoms with Crippen LogP contribution >= 0.6 is 0 Å². The molecule has 0 amide bonds. The third-order valence-electron chi connectivity index (χ3n) is 3.22. The molecule has 0 saturated carbocycles. The van der Waals surface area contributed by atoms with Crippen molar-refractivity contribution in [2.24, 2.45) is 0 Å². The number of aliphatic hydroxyl groups is 1. The highest BCUT2D eigenvalue weighted by molar-refractivity contribution is 5.30. The minimum atomic E-state index is -0.164. The molecule has 0 radical (unpaired) electrons. The Morgan fingerprint density at radius 3 is 3.00 bits per heavy atom. The largest absolute Gasteiger partial charge is 0.396 e. The SMILES string of the molecule is Cc1nc(NC2CCCNC2)[nH]c(=O)c1CCO. The standard InChI is InChI=1S/C12H20N4O2/c1-8-10(4-6-17)11(18)16-12(14-8)15-9-3-2-5-13-7-9/h9,13,17H,2-7H2,1H3,(H2,14,15,16,18). The maximum Gasteiger partial charge on any atom is 0.255 e. The summed E-state index contributed by atoms with van der Waals surface area (Å²) in [7, 11) is 0. The molecule has 0 aliphatic carbocycles. The van der Waals surface area contributed by atoms with Gasteiger partial charge in [0.1, 0.15) is 0 Å². The van der Waals surface area contributed by atoms with Crippen molar-refractivity contribution in [2.75, 3.05) is 25.0 Å². The van der Waals surface area contributed by atoms with Crippen LogP contribution in [-0.4, -0.2) is 40.8 Å². The molecule has 1 aromatic rings. The quantitative estimate of drug-likeness (QED) is 0.595. The van der Waals surface area contributed by atoms with Crippen molar-refractivity contribution in [1.29, 1.82) is 0 Å². The second kappa shape index (κ2) is 5.97. The molecule has 1 aliphatic rings. The van der Waals surface area contributed by atoms with Crippen LogP contribution in [0.4, 0.5) is 5.95 Å². The zero-order chi connectivity index (χ0) is 13.0. The third-order valence-corrected chi connectivity index (χ3v) is 3.22. The zero-order valence-electron chi connectivity index (χ0n) is 10.6. The molecule has 0 spiro atoms. The summed E-state index contributed by atoms with van der Waals surface area (Å²) >= 11 is 0. The Bertz CT molecular complexity index is 452. The highest BCUT2D eigenvalue weighted by Gasteiger charge is 2.14. The van der Waals surface area contributed by atoms with Crippen molar-refractivity contribution in [3.8, 4) is 0 Å². The molecule has 2 rings (SSSR count). The fourth-order valence-electron chi connectivity index (χ4n) is 2.25. The Balaban J connectivity index is 2.11. The molecule has 1 atom stereocenters. The lowest BCUT2D eigenvalue weighted by Crippen LogP contribution is -2.39. The molecule has 18 heavy (non-hydrogen) atoms. The van der Waals surface area contributed by atoms with Gasteiger partial charge in [0.05, 0.1) is 5.69 Å². The summed E-state index contributed by atoms with van der Waals surface area (Å²) in [5.74, 6) is 0.521. The fourth-order valence-corrected chi connectivity index (χ4v) is 2.25. The number of aliphatic hydroxyl groups excluding tert-OH is 1. The molecule has 1 saturated heterocycles. The number of aromatic nitrogens is 2. The maximum atomic E-state index is 11.8. The van der Waals surface area contributed by atoms with Gasteiger partial charge in [0.25, 0.3) is 5.56 Å². The highest BCUT2D eigenvalue weighted by Crippen LogP contribution is 2.09. The van der Waals surface area contributed by atoms with E-state index in [-0.39, 0.29) is 12.2 Å². The summed E-state index contributed by atoms with van der Waals surface area (Å²) in [6.07, 6.45) is 2.55. The van der Waals surface area contributed by atoms with Crippen LogP contribution < -0.4 is 16.2 Å². The van der Waals surface area contributed by atoms with E-state index >= 15 is 0 Å². The van der Waals surface area contributed by atoms with Gasteiger partial charge in [0.15, 0.2) is 0 Å². The van der Waals surface area contributed by atoms with E-state index in [0.717, 1.165) is 25.9 Å². The number of hydrogen-bond donors (Lipinski definition) is 4. The number of aryl methyl sites for hydroxylation is 1. The molecular formula is C12H20N4O2. The summed E-state index contributed by atoms with van der Waals surface area (Å²) in [5.41, 5.74) is 1.08. The first kappa shape index (κ1) is 13.0. The maximum absolute atomic E-state index is 11.8. The van der Waals surface area contributed by atoms with Gasteiger partial charge in [-0.2, -0.15) is 0 Å². The van der Waals surface area contributed by atoms with Gasteiger partial charge in [-0.05, 0) is 26.3 Å². The number of piperidine rings is 1. The zero-order valence-corrected chi connectivity index (χ0v) is 10.6. The molecule has 6 heteroatoms.